The summed E-state index contributed by atoms with van der Waals surface area (Å²) in [5.41, 5.74) is 1.05. The molecule has 8 heteroatoms. The molecule has 8 nitrogen and oxygen atoms in total. The van der Waals surface area contributed by atoms with Crippen molar-refractivity contribution in [3.63, 3.8) is 0 Å². The van der Waals surface area contributed by atoms with E-state index in [9.17, 15) is 9.59 Å². The number of aliphatic hydroxyl groups is 1. The number of aromatic nitrogens is 2. The minimum atomic E-state index is -1.45. The molecule has 0 aliphatic rings. The summed E-state index contributed by atoms with van der Waals surface area (Å²) in [5.74, 6) is -1.30. The number of aryl methyl sites for hydroxylation is 1. The van der Waals surface area contributed by atoms with E-state index >= 15 is 0 Å². The van der Waals surface area contributed by atoms with Gasteiger partial charge in [0.1, 0.15) is 0 Å². The van der Waals surface area contributed by atoms with E-state index in [-0.39, 0.29) is 13.0 Å². The Morgan fingerprint density at radius 3 is 2.68 bits per heavy atom. The number of aliphatic carboxylic acids is 1. The number of nitrogens with one attached hydrogen (secondary N) is 2. The number of aliphatic hydroxyl groups excluding tert-OH is 1. The smallest absolute Gasteiger partial charge is 0.332 e. The zero-order valence-corrected chi connectivity index (χ0v) is 10.7. The first-order valence-electron chi connectivity index (χ1n) is 5.90. The number of carbonyl (C=O) groups is 2. The summed E-state index contributed by atoms with van der Waals surface area (Å²) in [6.45, 7) is 2.99. The largest absolute Gasteiger partial charge is 0.479 e. The van der Waals surface area contributed by atoms with Crippen LogP contribution in [-0.2, 0) is 11.3 Å². The number of urea groups is 1. The van der Waals surface area contributed by atoms with Gasteiger partial charge >= 0.3 is 12.0 Å². The van der Waals surface area contributed by atoms with Crippen molar-refractivity contribution in [2.75, 3.05) is 13.1 Å². The number of carbonyl (C=O) groups excluding carboxylic acids is 1. The molecule has 0 saturated carbocycles. The fourth-order valence-electron chi connectivity index (χ4n) is 1.38. The third-order valence-corrected chi connectivity index (χ3v) is 2.38. The maximum absolute atomic E-state index is 11.3. The van der Waals surface area contributed by atoms with E-state index in [0.717, 1.165) is 5.56 Å². The van der Waals surface area contributed by atoms with Crippen LogP contribution in [0.2, 0.25) is 0 Å². The van der Waals surface area contributed by atoms with Crippen LogP contribution in [0.25, 0.3) is 0 Å². The predicted octanol–water partition coefficient (Wildman–Crippen LogP) is -0.674. The van der Waals surface area contributed by atoms with Gasteiger partial charge in [-0.25, -0.2) is 9.59 Å². The molecule has 1 atom stereocenters. The van der Waals surface area contributed by atoms with Crippen LogP contribution in [0.15, 0.2) is 12.4 Å². The van der Waals surface area contributed by atoms with Crippen LogP contribution in [0.4, 0.5) is 4.79 Å². The van der Waals surface area contributed by atoms with Crippen molar-refractivity contribution in [3.05, 3.63) is 18.0 Å². The monoisotopic (exact) mass is 270 g/mol. The normalized spacial score (nSPS) is 11.9. The van der Waals surface area contributed by atoms with E-state index in [1.165, 1.54) is 0 Å². The summed E-state index contributed by atoms with van der Waals surface area (Å²) in [5, 5.41) is 26.5. The van der Waals surface area contributed by atoms with Gasteiger partial charge in [0.15, 0.2) is 6.10 Å². The van der Waals surface area contributed by atoms with Crippen LogP contribution in [0.5, 0.6) is 0 Å². The van der Waals surface area contributed by atoms with Crippen LogP contribution in [-0.4, -0.2) is 51.2 Å². The molecule has 0 aromatic carbocycles. The second-order valence-corrected chi connectivity index (χ2v) is 4.11. The van der Waals surface area contributed by atoms with E-state index in [4.69, 9.17) is 10.2 Å². The lowest BCUT2D eigenvalue weighted by atomic mass is 10.2. The van der Waals surface area contributed by atoms with Crippen molar-refractivity contribution < 1.29 is 19.8 Å². The van der Waals surface area contributed by atoms with Gasteiger partial charge in [-0.05, 0) is 12.5 Å². The van der Waals surface area contributed by atoms with E-state index < -0.39 is 18.1 Å². The quantitative estimate of drug-likeness (QED) is 0.524. The molecule has 1 aromatic rings. The first-order valence-corrected chi connectivity index (χ1v) is 5.90. The number of hydrogen-bond acceptors (Lipinski definition) is 4. The minimum absolute atomic E-state index is 0.0267. The molecule has 1 heterocycles. The first kappa shape index (κ1) is 15.0. The van der Waals surface area contributed by atoms with E-state index in [1.54, 1.807) is 10.9 Å². The number of carboxylic acid groups (broad SMARTS) is 1. The van der Waals surface area contributed by atoms with Crippen LogP contribution in [0.3, 0.4) is 0 Å². The zero-order valence-electron chi connectivity index (χ0n) is 10.7. The Balaban J connectivity index is 2.10. The van der Waals surface area contributed by atoms with Crippen LogP contribution in [0, 0.1) is 6.92 Å². The lowest BCUT2D eigenvalue weighted by Crippen LogP contribution is -2.39. The molecule has 106 valence electrons. The van der Waals surface area contributed by atoms with Crippen molar-refractivity contribution in [3.8, 4) is 0 Å². The van der Waals surface area contributed by atoms with Crippen molar-refractivity contribution in [1.82, 2.24) is 20.4 Å². The number of hydrogen-bond donors (Lipinski definition) is 4. The third kappa shape index (κ3) is 5.87. The molecule has 19 heavy (non-hydrogen) atoms. The highest BCUT2D eigenvalue weighted by Gasteiger charge is 2.12. The molecular weight excluding hydrogens is 252 g/mol. The molecule has 0 radical (unpaired) electrons. The van der Waals surface area contributed by atoms with Gasteiger partial charge in [-0.15, -0.1) is 0 Å². The molecule has 0 aliphatic carbocycles. The molecular formula is C11H18N4O4. The fourth-order valence-corrected chi connectivity index (χ4v) is 1.38. The summed E-state index contributed by atoms with van der Waals surface area (Å²) >= 11 is 0. The van der Waals surface area contributed by atoms with E-state index in [0.29, 0.717) is 13.1 Å². The van der Waals surface area contributed by atoms with E-state index in [2.05, 4.69) is 15.7 Å². The predicted molar refractivity (Wildman–Crippen MR) is 66.6 cm³/mol. The Hall–Kier alpha value is -2.09. The third-order valence-electron chi connectivity index (χ3n) is 2.38. The number of carboxylic acids is 1. The standard InChI is InChI=1S/C11H18N4O4/c1-8-6-14-15(7-8)5-4-13-11(19)12-3-2-9(16)10(17)18/h6-7,9,16H,2-5H2,1H3,(H,17,18)(H2,12,13,19). The summed E-state index contributed by atoms with van der Waals surface area (Å²) in [7, 11) is 0. The van der Waals surface area contributed by atoms with Crippen LogP contribution in [0.1, 0.15) is 12.0 Å². The van der Waals surface area contributed by atoms with Gasteiger partial charge in [-0.1, -0.05) is 0 Å². The second kappa shape index (κ2) is 7.37. The molecule has 1 aromatic heterocycles. The number of nitrogens with zero attached hydrogens (tertiary/aromatic N) is 2. The van der Waals surface area contributed by atoms with Gasteiger partial charge in [-0.3, -0.25) is 4.68 Å². The van der Waals surface area contributed by atoms with Crippen LogP contribution < -0.4 is 10.6 Å². The van der Waals surface area contributed by atoms with Gasteiger partial charge in [0.05, 0.1) is 12.7 Å². The molecule has 0 spiro atoms. The lowest BCUT2D eigenvalue weighted by Gasteiger charge is -2.09. The lowest BCUT2D eigenvalue weighted by molar-refractivity contribution is -0.146. The Morgan fingerprint density at radius 2 is 2.11 bits per heavy atom. The average Bonchev–Trinajstić information content (AvgIpc) is 2.74. The highest BCUT2D eigenvalue weighted by atomic mass is 16.4. The highest BCUT2D eigenvalue weighted by molar-refractivity contribution is 5.74. The van der Waals surface area contributed by atoms with Gasteiger partial charge in [0.25, 0.3) is 0 Å². The molecule has 0 saturated heterocycles. The van der Waals surface area contributed by atoms with Gasteiger partial charge < -0.3 is 20.8 Å². The molecule has 0 bridgehead atoms. The van der Waals surface area contributed by atoms with Crippen molar-refractivity contribution >= 4 is 12.0 Å². The minimum Gasteiger partial charge on any atom is -0.479 e. The summed E-state index contributed by atoms with van der Waals surface area (Å²) in [4.78, 5) is 21.6. The summed E-state index contributed by atoms with van der Waals surface area (Å²) in [6.07, 6.45) is 2.12. The highest BCUT2D eigenvalue weighted by Crippen LogP contribution is 1.93. The Labute approximate surface area is 110 Å². The topological polar surface area (TPSA) is 116 Å². The maximum Gasteiger partial charge on any atom is 0.332 e. The Kier molecular flexibility index (Phi) is 5.80. The number of rotatable bonds is 7. The van der Waals surface area contributed by atoms with Crippen LogP contribution >= 0.6 is 0 Å². The van der Waals surface area contributed by atoms with Crippen molar-refractivity contribution in [2.24, 2.45) is 0 Å². The molecule has 0 aliphatic heterocycles. The fraction of sp³-hybridized carbons (Fsp3) is 0.545. The first-order chi connectivity index (χ1) is 8.99. The Morgan fingerprint density at radius 1 is 1.42 bits per heavy atom. The molecule has 0 fully saturated rings. The second-order valence-electron chi connectivity index (χ2n) is 4.11. The molecule has 1 rings (SSSR count). The Bertz CT molecular complexity index is 432. The molecule has 2 amide bonds. The van der Waals surface area contributed by atoms with Gasteiger partial charge in [-0.2, -0.15) is 5.10 Å². The average molecular weight is 270 g/mol. The van der Waals surface area contributed by atoms with E-state index in [1.807, 2.05) is 13.1 Å². The summed E-state index contributed by atoms with van der Waals surface area (Å²) < 4.78 is 1.71. The summed E-state index contributed by atoms with van der Waals surface area (Å²) in [6, 6.07) is -0.401. The van der Waals surface area contributed by atoms with Crippen molar-refractivity contribution in [2.45, 2.75) is 26.0 Å². The maximum atomic E-state index is 11.3. The molecule has 1 unspecified atom stereocenters. The van der Waals surface area contributed by atoms with Crippen molar-refractivity contribution in [1.29, 1.82) is 0 Å². The SMILES string of the molecule is Cc1cnn(CCNC(=O)NCCC(O)C(=O)O)c1. The van der Waals surface area contributed by atoms with Gasteiger partial charge in [0, 0.05) is 25.7 Å². The zero-order chi connectivity index (χ0) is 14.3. The number of amides is 2. The van der Waals surface area contributed by atoms with Gasteiger partial charge in [0.2, 0.25) is 0 Å². The molecule has 4 N–H and O–H groups in total.